The van der Waals surface area contributed by atoms with Crippen LogP contribution in [0.25, 0.3) is 0 Å². The number of hydrogen-bond donors (Lipinski definition) is 3. The van der Waals surface area contributed by atoms with Crippen LogP contribution in [0, 0.1) is 0 Å². The summed E-state index contributed by atoms with van der Waals surface area (Å²) in [6.07, 6.45) is -1.24. The van der Waals surface area contributed by atoms with Gasteiger partial charge in [-0.05, 0) is 13.8 Å². The first-order valence-corrected chi connectivity index (χ1v) is 2.73. The van der Waals surface area contributed by atoms with Crippen LogP contribution in [-0.2, 0) is 4.65 Å². The van der Waals surface area contributed by atoms with Crippen molar-refractivity contribution in [2.75, 3.05) is 0 Å². The maximum atomic E-state index is 8.72. The van der Waals surface area contributed by atoms with Gasteiger partial charge in [-0.25, -0.2) is 0 Å². The molecule has 0 radical (unpaired) electrons. The van der Waals surface area contributed by atoms with E-state index in [4.69, 9.17) is 15.2 Å². The molecule has 0 aliphatic heterocycles. The summed E-state index contributed by atoms with van der Waals surface area (Å²) >= 11 is 0. The summed E-state index contributed by atoms with van der Waals surface area (Å²) in [5.74, 6) is 0. The molecule has 0 rings (SSSR count). The van der Waals surface area contributed by atoms with Crippen LogP contribution in [0.3, 0.4) is 0 Å². The van der Waals surface area contributed by atoms with Crippen molar-refractivity contribution in [3.8, 4) is 0 Å². The van der Waals surface area contributed by atoms with Gasteiger partial charge in [0, 0.05) is 0 Å². The van der Waals surface area contributed by atoms with Gasteiger partial charge in [-0.1, -0.05) is 0 Å². The van der Waals surface area contributed by atoms with E-state index in [1.165, 1.54) is 6.92 Å². The van der Waals surface area contributed by atoms with Gasteiger partial charge in [0.25, 0.3) is 0 Å². The van der Waals surface area contributed by atoms with Crippen LogP contribution in [0.5, 0.6) is 0 Å². The SMILES string of the molecule is CC(O)C(C)OB(O)O.[NaH]. The third kappa shape index (κ3) is 7.02. The maximum absolute atomic E-state index is 8.72. The predicted molar refractivity (Wildman–Crippen MR) is 39.6 cm³/mol. The van der Waals surface area contributed by atoms with Crippen molar-refractivity contribution in [3.63, 3.8) is 0 Å². The quantitative estimate of drug-likeness (QED) is 0.419. The molecule has 0 heterocycles. The molecule has 0 aromatic heterocycles. The molecule has 10 heavy (non-hydrogen) atoms. The Balaban J connectivity index is 0. The van der Waals surface area contributed by atoms with Crippen LogP contribution in [0.4, 0.5) is 0 Å². The van der Waals surface area contributed by atoms with Gasteiger partial charge in [0.15, 0.2) is 0 Å². The fraction of sp³-hybridized carbons (Fsp3) is 1.00. The Kier molecular flexibility index (Phi) is 8.91. The molecule has 2 unspecified atom stereocenters. The molecular weight excluding hydrogens is 146 g/mol. The summed E-state index contributed by atoms with van der Waals surface area (Å²) in [5.41, 5.74) is 0. The molecule has 0 fully saturated rings. The third-order valence-electron chi connectivity index (χ3n) is 1.02. The topological polar surface area (TPSA) is 69.9 Å². The van der Waals surface area contributed by atoms with Gasteiger partial charge in [0.05, 0.1) is 12.2 Å². The zero-order chi connectivity index (χ0) is 7.44. The van der Waals surface area contributed by atoms with Crippen molar-refractivity contribution >= 4 is 36.9 Å². The molecule has 3 N–H and O–H groups in total. The van der Waals surface area contributed by atoms with Crippen LogP contribution < -0.4 is 0 Å². The van der Waals surface area contributed by atoms with E-state index in [1.807, 2.05) is 0 Å². The molecule has 4 nitrogen and oxygen atoms in total. The first-order valence-electron chi connectivity index (χ1n) is 2.73. The van der Waals surface area contributed by atoms with Gasteiger partial charge in [-0.3, -0.25) is 0 Å². The fourth-order valence-electron chi connectivity index (χ4n) is 0.306. The summed E-state index contributed by atoms with van der Waals surface area (Å²) < 4.78 is 4.37. The summed E-state index contributed by atoms with van der Waals surface area (Å²) in [4.78, 5) is 0. The Labute approximate surface area is 82.7 Å². The molecule has 0 spiro atoms. The van der Waals surface area contributed by atoms with Gasteiger partial charge < -0.3 is 19.8 Å². The predicted octanol–water partition coefficient (Wildman–Crippen LogP) is -1.91. The Morgan fingerprint density at radius 2 is 1.70 bits per heavy atom. The van der Waals surface area contributed by atoms with Gasteiger partial charge in [-0.2, -0.15) is 0 Å². The third-order valence-corrected chi connectivity index (χ3v) is 1.02. The molecular formula is C4H12BNaO4. The van der Waals surface area contributed by atoms with Crippen LogP contribution in [0.1, 0.15) is 13.8 Å². The van der Waals surface area contributed by atoms with E-state index in [0.717, 1.165) is 0 Å². The Morgan fingerprint density at radius 3 is 1.80 bits per heavy atom. The molecule has 0 saturated heterocycles. The first-order chi connectivity index (χ1) is 4.04. The summed E-state index contributed by atoms with van der Waals surface area (Å²) in [6.45, 7) is 3.05. The summed E-state index contributed by atoms with van der Waals surface area (Å²) in [7, 11) is -1.80. The van der Waals surface area contributed by atoms with Gasteiger partial charge in [0.1, 0.15) is 0 Å². The van der Waals surface area contributed by atoms with Crippen molar-refractivity contribution < 1.29 is 19.8 Å². The van der Waals surface area contributed by atoms with Gasteiger partial charge in [-0.15, -0.1) is 0 Å². The molecule has 0 aliphatic rings. The molecule has 0 bridgehead atoms. The number of aliphatic hydroxyl groups excluding tert-OH is 1. The van der Waals surface area contributed by atoms with Gasteiger partial charge >= 0.3 is 36.9 Å². The zero-order valence-corrected chi connectivity index (χ0v) is 5.48. The van der Waals surface area contributed by atoms with Crippen molar-refractivity contribution in [1.29, 1.82) is 0 Å². The van der Waals surface area contributed by atoms with Crippen LogP contribution in [-0.4, -0.2) is 64.2 Å². The molecule has 0 aromatic rings. The van der Waals surface area contributed by atoms with E-state index in [2.05, 4.69) is 4.65 Å². The number of aliphatic hydroxyl groups is 1. The minimum atomic E-state index is -1.80. The Hall–Kier alpha value is 0.905. The van der Waals surface area contributed by atoms with E-state index in [0.29, 0.717) is 0 Å². The Morgan fingerprint density at radius 1 is 1.30 bits per heavy atom. The molecule has 0 saturated carbocycles. The summed E-state index contributed by atoms with van der Waals surface area (Å²) in [5, 5.41) is 25.1. The molecule has 0 amide bonds. The second kappa shape index (κ2) is 6.60. The fourth-order valence-corrected chi connectivity index (χ4v) is 0.306. The van der Waals surface area contributed by atoms with Gasteiger partial charge in [0.2, 0.25) is 0 Å². The van der Waals surface area contributed by atoms with E-state index < -0.39 is 19.5 Å². The standard InChI is InChI=1S/C4H11BO4.Na.H/c1-3(6)4(2)9-5(7)8;;/h3-4,6-8H,1-2H3;;. The van der Waals surface area contributed by atoms with Crippen molar-refractivity contribution in [2.45, 2.75) is 26.1 Å². The summed E-state index contributed by atoms with van der Waals surface area (Å²) in [6, 6.07) is 0. The van der Waals surface area contributed by atoms with E-state index in [-0.39, 0.29) is 29.6 Å². The molecule has 6 heteroatoms. The minimum absolute atomic E-state index is 0. The number of hydrogen-bond acceptors (Lipinski definition) is 4. The van der Waals surface area contributed by atoms with Crippen LogP contribution >= 0.6 is 0 Å². The molecule has 2 atom stereocenters. The van der Waals surface area contributed by atoms with Crippen LogP contribution in [0.2, 0.25) is 0 Å². The first kappa shape index (κ1) is 13.5. The molecule has 0 aromatic carbocycles. The Bertz CT molecular complexity index is 79.7. The van der Waals surface area contributed by atoms with E-state index >= 15 is 0 Å². The molecule has 0 aliphatic carbocycles. The zero-order valence-electron chi connectivity index (χ0n) is 5.48. The van der Waals surface area contributed by atoms with Crippen molar-refractivity contribution in [1.82, 2.24) is 0 Å². The number of rotatable bonds is 3. The van der Waals surface area contributed by atoms with E-state index in [1.54, 1.807) is 6.92 Å². The van der Waals surface area contributed by atoms with Crippen LogP contribution in [0.15, 0.2) is 0 Å². The monoisotopic (exact) mass is 158 g/mol. The second-order valence-corrected chi connectivity index (χ2v) is 1.91. The normalized spacial score (nSPS) is 15.3. The van der Waals surface area contributed by atoms with Crippen molar-refractivity contribution in [2.24, 2.45) is 0 Å². The average molecular weight is 158 g/mol. The van der Waals surface area contributed by atoms with E-state index in [9.17, 15) is 0 Å². The van der Waals surface area contributed by atoms with Crippen molar-refractivity contribution in [3.05, 3.63) is 0 Å². The second-order valence-electron chi connectivity index (χ2n) is 1.91. The average Bonchev–Trinajstić information content (AvgIpc) is 1.63. The molecule has 56 valence electrons.